The molecule has 0 aliphatic carbocycles. The summed E-state index contributed by atoms with van der Waals surface area (Å²) in [6, 6.07) is 11.5. The molecule has 1 aromatic heterocycles. The number of fused-ring (bicyclic) bond motifs is 1. The fourth-order valence-corrected chi connectivity index (χ4v) is 4.73. The summed E-state index contributed by atoms with van der Waals surface area (Å²) in [5.41, 5.74) is 10.9. The van der Waals surface area contributed by atoms with Gasteiger partial charge in [-0.3, -0.25) is 9.59 Å². The van der Waals surface area contributed by atoms with Gasteiger partial charge in [0.05, 0.1) is 5.69 Å². The SMILES string of the molecule is CC(=O)C1=CCC(c2ccc3c(N)c(C(=O)c4ccc(C)cc4C)oc3c2)S1. The van der Waals surface area contributed by atoms with Crippen LogP contribution in [0.15, 0.2) is 51.8 Å². The molecule has 28 heavy (non-hydrogen) atoms. The standard InChI is InChI=1S/C23H21NO3S/c1-12-4-6-16(13(2)10-12)22(26)23-21(24)17-7-5-15(11-18(17)27-23)20-9-8-19(28-20)14(3)25/h4-8,10-11,20H,9,24H2,1-3H3. The van der Waals surface area contributed by atoms with Gasteiger partial charge in [0.15, 0.2) is 11.5 Å². The molecule has 2 heterocycles. The Kier molecular flexibility index (Phi) is 4.63. The molecule has 1 unspecified atom stereocenters. The topological polar surface area (TPSA) is 73.3 Å². The van der Waals surface area contributed by atoms with Crippen molar-refractivity contribution in [3.63, 3.8) is 0 Å². The van der Waals surface area contributed by atoms with E-state index in [1.54, 1.807) is 18.7 Å². The number of furan rings is 1. The number of aryl methyl sites for hydroxylation is 2. The minimum absolute atomic E-state index is 0.0946. The second kappa shape index (κ2) is 6.99. The van der Waals surface area contributed by atoms with Crippen molar-refractivity contribution >= 4 is 40.0 Å². The molecular weight excluding hydrogens is 370 g/mol. The number of thioether (sulfide) groups is 1. The van der Waals surface area contributed by atoms with Crippen LogP contribution in [0.2, 0.25) is 0 Å². The van der Waals surface area contributed by atoms with Crippen LogP contribution in [0.4, 0.5) is 5.69 Å². The molecule has 4 nitrogen and oxygen atoms in total. The zero-order valence-corrected chi connectivity index (χ0v) is 16.9. The normalized spacial score (nSPS) is 16.4. The maximum Gasteiger partial charge on any atom is 0.230 e. The number of Topliss-reactive ketones (excluding diaryl/α,β-unsaturated/α-hetero) is 1. The summed E-state index contributed by atoms with van der Waals surface area (Å²) in [5.74, 6) is 0.0708. The number of carbonyl (C=O) groups excluding carboxylic acids is 2. The summed E-state index contributed by atoms with van der Waals surface area (Å²) in [5, 5.41) is 0.910. The Morgan fingerprint density at radius 1 is 1.14 bits per heavy atom. The van der Waals surface area contributed by atoms with Gasteiger partial charge in [-0.25, -0.2) is 0 Å². The molecule has 2 N–H and O–H groups in total. The number of hydrogen-bond acceptors (Lipinski definition) is 5. The largest absolute Gasteiger partial charge is 0.450 e. The summed E-state index contributed by atoms with van der Waals surface area (Å²) in [6.45, 7) is 5.49. The van der Waals surface area contributed by atoms with Gasteiger partial charge in [0.1, 0.15) is 5.58 Å². The maximum absolute atomic E-state index is 13.0. The van der Waals surface area contributed by atoms with E-state index < -0.39 is 0 Å². The van der Waals surface area contributed by atoms with Crippen molar-refractivity contribution in [1.29, 1.82) is 0 Å². The molecule has 0 spiro atoms. The van der Waals surface area contributed by atoms with Crippen LogP contribution in [0.25, 0.3) is 11.0 Å². The van der Waals surface area contributed by atoms with Crippen LogP contribution in [-0.4, -0.2) is 11.6 Å². The highest BCUT2D eigenvalue weighted by Crippen LogP contribution is 2.45. The number of nitrogen functional groups attached to an aromatic ring is 1. The average Bonchev–Trinajstić information content (AvgIpc) is 3.26. The predicted molar refractivity (Wildman–Crippen MR) is 114 cm³/mol. The molecule has 0 saturated heterocycles. The Balaban J connectivity index is 1.69. The molecule has 0 bridgehead atoms. The maximum atomic E-state index is 13.0. The Labute approximate surface area is 167 Å². The molecule has 1 atom stereocenters. The van der Waals surface area contributed by atoms with Gasteiger partial charge in [0.2, 0.25) is 5.78 Å². The third-order valence-corrected chi connectivity index (χ3v) is 6.55. The number of ketones is 2. The van der Waals surface area contributed by atoms with E-state index in [0.29, 0.717) is 16.8 Å². The number of hydrogen-bond donors (Lipinski definition) is 1. The van der Waals surface area contributed by atoms with Gasteiger partial charge < -0.3 is 10.2 Å². The summed E-state index contributed by atoms with van der Waals surface area (Å²) in [4.78, 5) is 25.4. The third-order valence-electron chi connectivity index (χ3n) is 5.09. The molecule has 1 aliphatic rings. The molecule has 5 heteroatoms. The number of nitrogens with two attached hydrogens (primary N) is 1. The van der Waals surface area contributed by atoms with E-state index in [4.69, 9.17) is 10.2 Å². The van der Waals surface area contributed by atoms with Crippen LogP contribution in [0.3, 0.4) is 0 Å². The average molecular weight is 391 g/mol. The second-order valence-electron chi connectivity index (χ2n) is 7.21. The highest BCUT2D eigenvalue weighted by molar-refractivity contribution is 8.04. The van der Waals surface area contributed by atoms with E-state index in [1.807, 2.05) is 56.3 Å². The fraction of sp³-hybridized carbons (Fsp3) is 0.217. The summed E-state index contributed by atoms with van der Waals surface area (Å²) >= 11 is 1.57. The minimum atomic E-state index is -0.205. The van der Waals surface area contributed by atoms with Crippen molar-refractivity contribution in [3.8, 4) is 0 Å². The van der Waals surface area contributed by atoms with Crippen LogP contribution in [0.1, 0.15) is 51.4 Å². The molecule has 0 saturated carbocycles. The third kappa shape index (κ3) is 3.16. The first-order chi connectivity index (χ1) is 13.3. The summed E-state index contributed by atoms with van der Waals surface area (Å²) in [7, 11) is 0. The number of allylic oxidation sites excluding steroid dienone is 2. The Morgan fingerprint density at radius 2 is 1.93 bits per heavy atom. The van der Waals surface area contributed by atoms with E-state index in [0.717, 1.165) is 33.4 Å². The van der Waals surface area contributed by atoms with Crippen LogP contribution >= 0.6 is 11.8 Å². The number of anilines is 1. The molecule has 2 aromatic carbocycles. The van der Waals surface area contributed by atoms with Crippen molar-refractivity contribution in [2.24, 2.45) is 0 Å². The molecule has 142 valence electrons. The van der Waals surface area contributed by atoms with Crippen molar-refractivity contribution in [2.75, 3.05) is 5.73 Å². The molecule has 4 rings (SSSR count). The highest BCUT2D eigenvalue weighted by Gasteiger charge is 2.25. The van der Waals surface area contributed by atoms with Gasteiger partial charge in [-0.15, -0.1) is 11.8 Å². The lowest BCUT2D eigenvalue weighted by Gasteiger charge is -2.09. The van der Waals surface area contributed by atoms with E-state index in [-0.39, 0.29) is 22.6 Å². The molecule has 0 amide bonds. The summed E-state index contributed by atoms with van der Waals surface area (Å²) < 4.78 is 5.91. The van der Waals surface area contributed by atoms with Gasteiger partial charge in [-0.1, -0.05) is 35.9 Å². The lowest BCUT2D eigenvalue weighted by atomic mass is 10.00. The Hall–Kier alpha value is -2.79. The first-order valence-electron chi connectivity index (χ1n) is 9.16. The number of rotatable bonds is 4. The number of benzene rings is 2. The Bertz CT molecular complexity index is 1160. The van der Waals surface area contributed by atoms with E-state index >= 15 is 0 Å². The first kappa shape index (κ1) is 18.6. The minimum Gasteiger partial charge on any atom is -0.450 e. The second-order valence-corrected chi connectivity index (χ2v) is 8.46. The van der Waals surface area contributed by atoms with Crippen LogP contribution < -0.4 is 5.73 Å². The molecule has 1 aliphatic heterocycles. The van der Waals surface area contributed by atoms with Crippen molar-refractivity contribution < 1.29 is 14.0 Å². The van der Waals surface area contributed by atoms with E-state index in [1.165, 1.54) is 0 Å². The van der Waals surface area contributed by atoms with Gasteiger partial charge in [-0.2, -0.15) is 0 Å². The zero-order valence-electron chi connectivity index (χ0n) is 16.0. The van der Waals surface area contributed by atoms with Gasteiger partial charge in [0.25, 0.3) is 0 Å². The van der Waals surface area contributed by atoms with Crippen LogP contribution in [-0.2, 0) is 4.79 Å². The quantitative estimate of drug-likeness (QED) is 0.593. The summed E-state index contributed by atoms with van der Waals surface area (Å²) in [6.07, 6.45) is 2.78. The highest BCUT2D eigenvalue weighted by atomic mass is 32.2. The van der Waals surface area contributed by atoms with Gasteiger partial charge in [-0.05, 0) is 50.5 Å². The van der Waals surface area contributed by atoms with Crippen molar-refractivity contribution in [1.82, 2.24) is 0 Å². The zero-order chi connectivity index (χ0) is 20.0. The van der Waals surface area contributed by atoms with Crippen molar-refractivity contribution in [3.05, 3.63) is 75.4 Å². The lowest BCUT2D eigenvalue weighted by molar-refractivity contribution is -0.112. The molecule has 0 fully saturated rings. The molecule has 3 aromatic rings. The Morgan fingerprint density at radius 3 is 2.61 bits per heavy atom. The smallest absolute Gasteiger partial charge is 0.230 e. The monoisotopic (exact) mass is 391 g/mol. The van der Waals surface area contributed by atoms with E-state index in [2.05, 4.69) is 0 Å². The fourth-order valence-electron chi connectivity index (χ4n) is 3.59. The first-order valence-corrected chi connectivity index (χ1v) is 10.0. The number of carbonyl (C=O) groups is 2. The van der Waals surface area contributed by atoms with Gasteiger partial charge in [0, 0.05) is 21.1 Å². The molecule has 0 radical (unpaired) electrons. The van der Waals surface area contributed by atoms with Crippen LogP contribution in [0, 0.1) is 13.8 Å². The lowest BCUT2D eigenvalue weighted by Crippen LogP contribution is -2.05. The van der Waals surface area contributed by atoms with E-state index in [9.17, 15) is 9.59 Å². The van der Waals surface area contributed by atoms with Crippen molar-refractivity contribution in [2.45, 2.75) is 32.4 Å². The van der Waals surface area contributed by atoms with Gasteiger partial charge >= 0.3 is 0 Å². The van der Waals surface area contributed by atoms with Crippen LogP contribution in [0.5, 0.6) is 0 Å². The predicted octanol–water partition coefficient (Wildman–Crippen LogP) is 5.51. The molecular formula is C23H21NO3S.